The van der Waals surface area contributed by atoms with Crippen LogP contribution in [0.1, 0.15) is 18.4 Å². The molecule has 5 nitrogen and oxygen atoms in total. The molecule has 1 aromatic rings. The molecular formula is C13H16ClN3O2S. The number of hydrogen-bond donors (Lipinski definition) is 1. The van der Waals surface area contributed by atoms with Crippen molar-refractivity contribution < 1.29 is 8.42 Å². The molecule has 1 aromatic carbocycles. The summed E-state index contributed by atoms with van der Waals surface area (Å²) in [6.45, 7) is 1.14. The van der Waals surface area contributed by atoms with Crippen LogP contribution in [0.15, 0.2) is 23.1 Å². The highest BCUT2D eigenvalue weighted by Crippen LogP contribution is 2.27. The zero-order valence-corrected chi connectivity index (χ0v) is 12.7. The molecule has 0 bridgehead atoms. The van der Waals surface area contributed by atoms with Crippen molar-refractivity contribution in [3.8, 4) is 6.07 Å². The first-order valence-corrected chi connectivity index (χ1v) is 8.18. The minimum atomic E-state index is -3.58. The highest BCUT2D eigenvalue weighted by molar-refractivity contribution is 7.89. The third kappa shape index (κ3) is 2.81. The van der Waals surface area contributed by atoms with Crippen LogP contribution in [-0.2, 0) is 10.0 Å². The maximum atomic E-state index is 12.6. The monoisotopic (exact) mass is 313 g/mol. The lowest BCUT2D eigenvalue weighted by molar-refractivity contribution is 0.379. The zero-order valence-electron chi connectivity index (χ0n) is 11.1. The maximum Gasteiger partial charge on any atom is 0.243 e. The number of nitrogens with zero attached hydrogens (tertiary/aromatic N) is 2. The second-order valence-corrected chi connectivity index (χ2v) is 7.02. The fourth-order valence-electron chi connectivity index (χ4n) is 2.45. The van der Waals surface area contributed by atoms with E-state index in [9.17, 15) is 8.42 Å². The van der Waals surface area contributed by atoms with Crippen molar-refractivity contribution in [1.29, 1.82) is 5.26 Å². The first kappa shape index (κ1) is 15.3. The molecule has 1 N–H and O–H groups in total. The lowest BCUT2D eigenvalue weighted by atomic mass is 10.2. The molecule has 1 unspecified atom stereocenters. The normalized spacial score (nSPS) is 19.9. The van der Waals surface area contributed by atoms with Gasteiger partial charge in [-0.05, 0) is 38.1 Å². The summed E-state index contributed by atoms with van der Waals surface area (Å²) < 4.78 is 26.8. The van der Waals surface area contributed by atoms with Gasteiger partial charge in [-0.2, -0.15) is 9.57 Å². The minimum Gasteiger partial charge on any atom is -0.318 e. The first-order valence-electron chi connectivity index (χ1n) is 6.37. The van der Waals surface area contributed by atoms with Gasteiger partial charge < -0.3 is 5.32 Å². The Labute approximate surface area is 124 Å². The van der Waals surface area contributed by atoms with Gasteiger partial charge in [0.2, 0.25) is 10.0 Å². The number of nitriles is 1. The van der Waals surface area contributed by atoms with Crippen LogP contribution in [0, 0.1) is 11.3 Å². The zero-order chi connectivity index (χ0) is 14.8. The van der Waals surface area contributed by atoms with Crippen molar-refractivity contribution in [2.24, 2.45) is 0 Å². The third-order valence-electron chi connectivity index (χ3n) is 3.43. The number of nitrogens with one attached hydrogen (secondary N) is 1. The number of halogens is 1. The molecule has 0 radical (unpaired) electrons. The predicted octanol–water partition coefficient (Wildman–Crippen LogP) is 1.58. The fourth-order valence-corrected chi connectivity index (χ4v) is 4.33. The Kier molecular flexibility index (Phi) is 4.66. The van der Waals surface area contributed by atoms with Gasteiger partial charge in [0, 0.05) is 19.1 Å². The fraction of sp³-hybridized carbons (Fsp3) is 0.462. The van der Waals surface area contributed by atoms with Crippen molar-refractivity contribution in [2.45, 2.75) is 23.8 Å². The van der Waals surface area contributed by atoms with Gasteiger partial charge in [-0.25, -0.2) is 8.42 Å². The molecule has 108 valence electrons. The Morgan fingerprint density at radius 2 is 2.30 bits per heavy atom. The highest BCUT2D eigenvalue weighted by Gasteiger charge is 2.34. The molecule has 20 heavy (non-hydrogen) atoms. The molecule has 1 aliphatic heterocycles. The summed E-state index contributed by atoms with van der Waals surface area (Å²) in [5.74, 6) is 0. The number of rotatable bonds is 4. The van der Waals surface area contributed by atoms with E-state index in [2.05, 4.69) is 5.32 Å². The van der Waals surface area contributed by atoms with Gasteiger partial charge in [-0.15, -0.1) is 0 Å². The largest absolute Gasteiger partial charge is 0.318 e. The second kappa shape index (κ2) is 6.10. The number of sulfonamides is 1. The van der Waals surface area contributed by atoms with Gasteiger partial charge in [-0.3, -0.25) is 0 Å². The Balaban J connectivity index is 2.38. The second-order valence-electron chi connectivity index (χ2n) is 4.72. The van der Waals surface area contributed by atoms with E-state index in [0.717, 1.165) is 12.8 Å². The van der Waals surface area contributed by atoms with E-state index in [4.69, 9.17) is 16.9 Å². The van der Waals surface area contributed by atoms with E-state index < -0.39 is 10.0 Å². The summed E-state index contributed by atoms with van der Waals surface area (Å²) >= 11 is 5.84. The van der Waals surface area contributed by atoms with Gasteiger partial charge in [0.1, 0.15) is 6.07 Å². The van der Waals surface area contributed by atoms with Crippen molar-refractivity contribution >= 4 is 21.6 Å². The van der Waals surface area contributed by atoms with Crippen LogP contribution in [0.2, 0.25) is 5.02 Å². The van der Waals surface area contributed by atoms with E-state index in [1.807, 2.05) is 6.07 Å². The van der Waals surface area contributed by atoms with Crippen LogP contribution in [0.4, 0.5) is 0 Å². The van der Waals surface area contributed by atoms with Gasteiger partial charge in [-0.1, -0.05) is 11.6 Å². The molecule has 1 atom stereocenters. The van der Waals surface area contributed by atoms with E-state index in [0.29, 0.717) is 13.1 Å². The van der Waals surface area contributed by atoms with Crippen LogP contribution in [0.3, 0.4) is 0 Å². The van der Waals surface area contributed by atoms with Gasteiger partial charge in [0.25, 0.3) is 0 Å². The first-order chi connectivity index (χ1) is 9.50. The Hall–Kier alpha value is -1.13. The van der Waals surface area contributed by atoms with Crippen LogP contribution >= 0.6 is 11.6 Å². The summed E-state index contributed by atoms with van der Waals surface area (Å²) in [6.07, 6.45) is 1.70. The van der Waals surface area contributed by atoms with Crippen LogP contribution in [-0.4, -0.2) is 38.9 Å². The maximum absolute atomic E-state index is 12.6. The Morgan fingerprint density at radius 3 is 2.95 bits per heavy atom. The smallest absolute Gasteiger partial charge is 0.243 e. The van der Waals surface area contributed by atoms with Gasteiger partial charge >= 0.3 is 0 Å². The Morgan fingerprint density at radius 1 is 1.55 bits per heavy atom. The van der Waals surface area contributed by atoms with E-state index in [1.54, 1.807) is 7.05 Å². The summed E-state index contributed by atoms with van der Waals surface area (Å²) in [4.78, 5) is 0.126. The summed E-state index contributed by atoms with van der Waals surface area (Å²) in [7, 11) is -1.77. The molecule has 0 amide bonds. The van der Waals surface area contributed by atoms with Gasteiger partial charge in [0.05, 0.1) is 15.5 Å². The quantitative estimate of drug-likeness (QED) is 0.916. The lowest BCUT2D eigenvalue weighted by Crippen LogP contribution is -2.40. The summed E-state index contributed by atoms with van der Waals surface area (Å²) in [6, 6.07) is 6.12. The van der Waals surface area contributed by atoms with Crippen LogP contribution in [0.25, 0.3) is 0 Å². The molecule has 1 heterocycles. The molecule has 0 spiro atoms. The predicted molar refractivity (Wildman–Crippen MR) is 77.0 cm³/mol. The average molecular weight is 314 g/mol. The summed E-state index contributed by atoms with van der Waals surface area (Å²) in [5.41, 5.74) is 0.178. The SMILES string of the molecule is CNCC1CCCN1S(=O)(=O)c1ccc(Cl)c(C#N)c1. The van der Waals surface area contributed by atoms with E-state index in [1.165, 1.54) is 22.5 Å². The van der Waals surface area contributed by atoms with Crippen LogP contribution in [0.5, 0.6) is 0 Å². The lowest BCUT2D eigenvalue weighted by Gasteiger charge is -2.24. The molecule has 0 aliphatic carbocycles. The molecule has 0 saturated carbocycles. The molecule has 0 aromatic heterocycles. The molecule has 1 fully saturated rings. The standard InChI is InChI=1S/C13H16ClN3O2S/c1-16-9-11-3-2-6-17(11)20(18,19)12-4-5-13(14)10(7-12)8-15/h4-5,7,11,16H,2-3,6,9H2,1H3. The molecule has 1 saturated heterocycles. The third-order valence-corrected chi connectivity index (χ3v) is 5.71. The van der Waals surface area contributed by atoms with Crippen molar-refractivity contribution in [2.75, 3.05) is 20.1 Å². The average Bonchev–Trinajstić information content (AvgIpc) is 2.88. The number of benzene rings is 1. The number of hydrogen-bond acceptors (Lipinski definition) is 4. The number of likely N-dealkylation sites (N-methyl/N-ethyl adjacent to an activating group) is 1. The topological polar surface area (TPSA) is 73.2 Å². The van der Waals surface area contributed by atoms with Crippen molar-refractivity contribution in [3.63, 3.8) is 0 Å². The molecule has 2 rings (SSSR count). The minimum absolute atomic E-state index is 0.0359. The van der Waals surface area contributed by atoms with Crippen molar-refractivity contribution in [1.82, 2.24) is 9.62 Å². The van der Waals surface area contributed by atoms with Gasteiger partial charge in [0.15, 0.2) is 0 Å². The summed E-state index contributed by atoms with van der Waals surface area (Å²) in [5, 5.41) is 12.2. The molecule has 7 heteroatoms. The van der Waals surface area contributed by atoms with Crippen LogP contribution < -0.4 is 5.32 Å². The molecule has 1 aliphatic rings. The van der Waals surface area contributed by atoms with E-state index in [-0.39, 0.29) is 21.5 Å². The Bertz CT molecular complexity index is 640. The highest BCUT2D eigenvalue weighted by atomic mass is 35.5. The molecular weight excluding hydrogens is 298 g/mol. The van der Waals surface area contributed by atoms with Crippen molar-refractivity contribution in [3.05, 3.63) is 28.8 Å². The van der Waals surface area contributed by atoms with E-state index >= 15 is 0 Å².